The minimum Gasteiger partial charge on any atom is -0.444 e. The summed E-state index contributed by atoms with van der Waals surface area (Å²) >= 11 is 4.75. The molecular formula is C20H25BrF3N3O2S. The molecule has 0 spiro atoms. The first-order valence-corrected chi connectivity index (χ1v) is 11.0. The van der Waals surface area contributed by atoms with Gasteiger partial charge in [-0.1, -0.05) is 30.4 Å². The van der Waals surface area contributed by atoms with Crippen molar-refractivity contribution < 1.29 is 22.7 Å². The van der Waals surface area contributed by atoms with Crippen molar-refractivity contribution in [2.45, 2.75) is 57.9 Å². The molecule has 0 fully saturated rings. The Morgan fingerprint density at radius 1 is 1.23 bits per heavy atom. The van der Waals surface area contributed by atoms with Crippen LogP contribution in [0.3, 0.4) is 0 Å². The second-order valence-corrected chi connectivity index (χ2v) is 10.1. The van der Waals surface area contributed by atoms with Crippen molar-refractivity contribution in [3.05, 3.63) is 45.4 Å². The number of carbonyl (C=O) groups is 1. The van der Waals surface area contributed by atoms with Gasteiger partial charge in [0.05, 0.1) is 21.6 Å². The Morgan fingerprint density at radius 3 is 2.33 bits per heavy atom. The lowest BCUT2D eigenvalue weighted by atomic mass is 9.88. The molecule has 0 bridgehead atoms. The Kier molecular flexibility index (Phi) is 8.15. The molecule has 0 aliphatic carbocycles. The van der Waals surface area contributed by atoms with Gasteiger partial charge in [0, 0.05) is 12.5 Å². The molecule has 2 rings (SSSR count). The van der Waals surface area contributed by atoms with Crippen LogP contribution in [0.15, 0.2) is 34.2 Å². The molecule has 1 aromatic carbocycles. The Labute approximate surface area is 186 Å². The van der Waals surface area contributed by atoms with Gasteiger partial charge in [0.2, 0.25) is 0 Å². The van der Waals surface area contributed by atoms with Gasteiger partial charge in [0.25, 0.3) is 0 Å². The van der Waals surface area contributed by atoms with Crippen LogP contribution in [0.25, 0.3) is 0 Å². The number of aromatic nitrogens is 1. The normalized spacial score (nSPS) is 14.1. The first-order chi connectivity index (χ1) is 13.9. The van der Waals surface area contributed by atoms with Crippen LogP contribution >= 0.6 is 27.3 Å². The Morgan fingerprint density at radius 2 is 1.87 bits per heavy atom. The fraction of sp³-hybridized carbons (Fsp3) is 0.500. The standard InChI is InChI=1S/C20H25BrF3N3O2S/c1-5-14(12-6-8-13(9-7-12)20(22,23)24)15(27-18(28)29-19(2,3)4)10-25-17-26-11-16(21)30-17/h6-9,11,14-15H,5,10H2,1-4H3,(H,25,26)(H,27,28). The number of amides is 1. The molecule has 0 aliphatic heterocycles. The third-order valence-corrected chi connectivity index (χ3v) is 5.68. The molecule has 0 saturated carbocycles. The first-order valence-electron chi connectivity index (χ1n) is 9.41. The van der Waals surface area contributed by atoms with Crippen molar-refractivity contribution in [3.63, 3.8) is 0 Å². The number of hydrogen-bond acceptors (Lipinski definition) is 5. The molecular weight excluding hydrogens is 483 g/mol. The second-order valence-electron chi connectivity index (χ2n) is 7.74. The summed E-state index contributed by atoms with van der Waals surface area (Å²) in [5.41, 5.74) is -0.671. The SMILES string of the molecule is CCC(c1ccc(C(F)(F)F)cc1)C(CNc1ncc(Br)s1)NC(=O)OC(C)(C)C. The van der Waals surface area contributed by atoms with Gasteiger partial charge in [-0.15, -0.1) is 0 Å². The topological polar surface area (TPSA) is 63.2 Å². The molecule has 5 nitrogen and oxygen atoms in total. The summed E-state index contributed by atoms with van der Waals surface area (Å²) in [4.78, 5) is 16.6. The monoisotopic (exact) mass is 507 g/mol. The van der Waals surface area contributed by atoms with Gasteiger partial charge < -0.3 is 15.4 Å². The molecule has 0 aliphatic rings. The van der Waals surface area contributed by atoms with E-state index >= 15 is 0 Å². The average molecular weight is 508 g/mol. The highest BCUT2D eigenvalue weighted by molar-refractivity contribution is 9.11. The fourth-order valence-electron chi connectivity index (χ4n) is 2.96. The van der Waals surface area contributed by atoms with Crippen LogP contribution in [0.4, 0.5) is 23.1 Å². The quantitative estimate of drug-likeness (QED) is 0.453. The van der Waals surface area contributed by atoms with Crippen LogP contribution in [-0.2, 0) is 10.9 Å². The van der Waals surface area contributed by atoms with Gasteiger partial charge in [-0.3, -0.25) is 0 Å². The summed E-state index contributed by atoms with van der Waals surface area (Å²) in [6, 6.07) is 4.62. The fourth-order valence-corrected chi connectivity index (χ4v) is 4.07. The van der Waals surface area contributed by atoms with Crippen LogP contribution in [-0.4, -0.2) is 29.3 Å². The van der Waals surface area contributed by atoms with E-state index in [1.165, 1.54) is 23.5 Å². The maximum atomic E-state index is 12.9. The lowest BCUT2D eigenvalue weighted by Crippen LogP contribution is -2.45. The summed E-state index contributed by atoms with van der Waals surface area (Å²) in [6.07, 6.45) is -2.71. The number of rotatable bonds is 7. The van der Waals surface area contributed by atoms with Crippen LogP contribution in [0.2, 0.25) is 0 Å². The molecule has 0 radical (unpaired) electrons. The zero-order valence-electron chi connectivity index (χ0n) is 17.1. The van der Waals surface area contributed by atoms with Crippen molar-refractivity contribution in [3.8, 4) is 0 Å². The van der Waals surface area contributed by atoms with Gasteiger partial charge in [-0.2, -0.15) is 13.2 Å². The molecule has 30 heavy (non-hydrogen) atoms. The van der Waals surface area contributed by atoms with Crippen molar-refractivity contribution in [1.82, 2.24) is 10.3 Å². The summed E-state index contributed by atoms with van der Waals surface area (Å²) in [7, 11) is 0. The van der Waals surface area contributed by atoms with Crippen molar-refractivity contribution in [2.24, 2.45) is 0 Å². The molecule has 1 amide bonds. The predicted molar refractivity (Wildman–Crippen MR) is 116 cm³/mol. The number of alkyl carbamates (subject to hydrolysis) is 1. The van der Waals surface area contributed by atoms with Crippen LogP contribution in [0.1, 0.15) is 51.2 Å². The Hall–Kier alpha value is -1.81. The Bertz CT molecular complexity index is 835. The van der Waals surface area contributed by atoms with Crippen LogP contribution < -0.4 is 10.6 Å². The zero-order chi connectivity index (χ0) is 22.5. The lowest BCUT2D eigenvalue weighted by Gasteiger charge is -2.29. The Balaban J connectivity index is 2.23. The number of ether oxygens (including phenoxy) is 1. The van der Waals surface area contributed by atoms with Crippen LogP contribution in [0.5, 0.6) is 0 Å². The number of halogens is 4. The van der Waals surface area contributed by atoms with Crippen molar-refractivity contribution >= 4 is 38.5 Å². The summed E-state index contributed by atoms with van der Waals surface area (Å²) < 4.78 is 45.0. The van der Waals surface area contributed by atoms with E-state index in [1.807, 2.05) is 6.92 Å². The third-order valence-electron chi connectivity index (χ3n) is 4.24. The number of nitrogens with zero attached hydrogens (tertiary/aromatic N) is 1. The number of anilines is 1. The maximum absolute atomic E-state index is 12.9. The van der Waals surface area contributed by atoms with E-state index < -0.39 is 29.5 Å². The van der Waals surface area contributed by atoms with Gasteiger partial charge in [-0.05, 0) is 60.8 Å². The maximum Gasteiger partial charge on any atom is 0.416 e. The molecule has 0 saturated heterocycles. The van der Waals surface area contributed by atoms with E-state index in [9.17, 15) is 18.0 Å². The molecule has 2 unspecified atom stereocenters. The third kappa shape index (κ3) is 7.46. The first kappa shape index (κ1) is 24.5. The van der Waals surface area contributed by atoms with Gasteiger partial charge in [0.15, 0.2) is 5.13 Å². The molecule has 2 N–H and O–H groups in total. The number of hydrogen-bond donors (Lipinski definition) is 2. The second kappa shape index (κ2) is 10.00. The molecule has 2 aromatic rings. The van der Waals surface area contributed by atoms with E-state index in [-0.39, 0.29) is 5.92 Å². The minimum absolute atomic E-state index is 0.226. The molecule has 166 valence electrons. The number of carbonyl (C=O) groups excluding carboxylic acids is 1. The average Bonchev–Trinajstić information content (AvgIpc) is 3.03. The molecule has 1 aromatic heterocycles. The number of alkyl halides is 3. The highest BCUT2D eigenvalue weighted by atomic mass is 79.9. The summed E-state index contributed by atoms with van der Waals surface area (Å²) in [6.45, 7) is 7.55. The minimum atomic E-state index is -4.39. The van der Waals surface area contributed by atoms with Crippen molar-refractivity contribution in [2.75, 3.05) is 11.9 Å². The van der Waals surface area contributed by atoms with Gasteiger partial charge in [0.1, 0.15) is 5.60 Å². The summed E-state index contributed by atoms with van der Waals surface area (Å²) in [5.74, 6) is -0.226. The van der Waals surface area contributed by atoms with E-state index in [2.05, 4.69) is 31.5 Å². The van der Waals surface area contributed by atoms with E-state index in [1.54, 1.807) is 27.0 Å². The molecule has 10 heteroatoms. The van der Waals surface area contributed by atoms with E-state index in [0.29, 0.717) is 23.7 Å². The van der Waals surface area contributed by atoms with E-state index in [0.717, 1.165) is 15.9 Å². The number of thiazole rings is 1. The predicted octanol–water partition coefficient (Wildman–Crippen LogP) is 6.42. The number of nitrogens with one attached hydrogen (secondary N) is 2. The number of benzene rings is 1. The van der Waals surface area contributed by atoms with Gasteiger partial charge >= 0.3 is 12.3 Å². The van der Waals surface area contributed by atoms with Gasteiger partial charge in [-0.25, -0.2) is 9.78 Å². The smallest absolute Gasteiger partial charge is 0.416 e. The largest absolute Gasteiger partial charge is 0.444 e. The van der Waals surface area contributed by atoms with E-state index in [4.69, 9.17) is 4.74 Å². The highest BCUT2D eigenvalue weighted by Gasteiger charge is 2.31. The molecule has 2 atom stereocenters. The summed E-state index contributed by atoms with van der Waals surface area (Å²) in [5, 5.41) is 6.71. The lowest BCUT2D eigenvalue weighted by molar-refractivity contribution is -0.137. The molecule has 1 heterocycles. The van der Waals surface area contributed by atoms with Crippen LogP contribution in [0, 0.1) is 0 Å². The zero-order valence-corrected chi connectivity index (χ0v) is 19.5. The van der Waals surface area contributed by atoms with Crippen molar-refractivity contribution in [1.29, 1.82) is 0 Å². The highest BCUT2D eigenvalue weighted by Crippen LogP contribution is 2.32.